The summed E-state index contributed by atoms with van der Waals surface area (Å²) >= 11 is 0. The molecule has 0 spiro atoms. The second kappa shape index (κ2) is 13.8. The second-order valence-electron chi connectivity index (χ2n) is 10.1. The van der Waals surface area contributed by atoms with Gasteiger partial charge in [-0.15, -0.1) is 0 Å². The summed E-state index contributed by atoms with van der Waals surface area (Å²) < 4.78 is 0. The minimum absolute atomic E-state index is 0.0746. The molecule has 6 heteroatoms. The van der Waals surface area contributed by atoms with Crippen molar-refractivity contribution in [3.8, 4) is 0 Å². The molecule has 0 unspecified atom stereocenters. The summed E-state index contributed by atoms with van der Waals surface area (Å²) in [5, 5.41) is 3.24. The fourth-order valence-corrected chi connectivity index (χ4v) is 5.40. The van der Waals surface area contributed by atoms with Gasteiger partial charge in [0.1, 0.15) is 0 Å². The average Bonchev–Trinajstić information content (AvgIpc) is 2.95. The third-order valence-electron chi connectivity index (χ3n) is 7.40. The third kappa shape index (κ3) is 7.01. The molecule has 38 heavy (non-hydrogen) atoms. The Bertz CT molecular complexity index is 1120. The number of benzene rings is 3. The standard InChI is InChI=1S/C32H40N4O2/c1-2-3-4-13-22-36(32(33)38)29-19-12-11-18-28(29)31(37)34-27-20-23-35(24-21-27)30(25-14-7-5-8-15-25)26-16-9-6-10-17-26/h5-12,14-19,27,30H,2-4,13,20-24H2,1H3,(H2,33,38)(H,34,37). The van der Waals surface area contributed by atoms with E-state index in [0.717, 1.165) is 51.6 Å². The first kappa shape index (κ1) is 27.4. The number of hydrogen-bond donors (Lipinski definition) is 2. The van der Waals surface area contributed by atoms with Gasteiger partial charge in [-0.25, -0.2) is 4.79 Å². The van der Waals surface area contributed by atoms with Crippen LogP contribution in [0.15, 0.2) is 84.9 Å². The lowest BCUT2D eigenvalue weighted by Crippen LogP contribution is -2.46. The lowest BCUT2D eigenvalue weighted by molar-refractivity contribution is 0.0901. The molecule has 1 aliphatic rings. The fraction of sp³-hybridized carbons (Fsp3) is 0.375. The van der Waals surface area contributed by atoms with Gasteiger partial charge in [0.15, 0.2) is 0 Å². The molecule has 0 aromatic heterocycles. The van der Waals surface area contributed by atoms with Crippen LogP contribution in [-0.2, 0) is 0 Å². The molecule has 6 nitrogen and oxygen atoms in total. The van der Waals surface area contributed by atoms with E-state index in [2.05, 4.69) is 77.8 Å². The quantitative estimate of drug-likeness (QED) is 0.303. The maximum Gasteiger partial charge on any atom is 0.319 e. The highest BCUT2D eigenvalue weighted by Crippen LogP contribution is 2.31. The van der Waals surface area contributed by atoms with Crippen molar-refractivity contribution in [2.45, 2.75) is 57.5 Å². The molecule has 1 aliphatic heterocycles. The van der Waals surface area contributed by atoms with Gasteiger partial charge in [0.25, 0.3) is 5.91 Å². The maximum absolute atomic E-state index is 13.4. The van der Waals surface area contributed by atoms with E-state index in [1.807, 2.05) is 18.2 Å². The summed E-state index contributed by atoms with van der Waals surface area (Å²) in [7, 11) is 0. The molecule has 0 saturated carbocycles. The van der Waals surface area contributed by atoms with Crippen molar-refractivity contribution in [1.29, 1.82) is 0 Å². The monoisotopic (exact) mass is 512 g/mol. The van der Waals surface area contributed by atoms with Crippen LogP contribution in [0.5, 0.6) is 0 Å². The zero-order valence-electron chi connectivity index (χ0n) is 22.4. The molecule has 0 atom stereocenters. The molecule has 4 rings (SSSR count). The molecule has 3 aromatic rings. The van der Waals surface area contributed by atoms with Crippen LogP contribution in [0.2, 0.25) is 0 Å². The SMILES string of the molecule is CCCCCCN(C(N)=O)c1ccccc1C(=O)NC1CCN(C(c2ccccc2)c2ccccc2)CC1. The van der Waals surface area contributed by atoms with E-state index in [-0.39, 0.29) is 18.0 Å². The number of anilines is 1. The second-order valence-corrected chi connectivity index (χ2v) is 10.1. The number of unbranched alkanes of at least 4 members (excludes halogenated alkanes) is 3. The number of primary amides is 1. The highest BCUT2D eigenvalue weighted by atomic mass is 16.2. The maximum atomic E-state index is 13.4. The molecule has 0 aliphatic carbocycles. The lowest BCUT2D eigenvalue weighted by Gasteiger charge is -2.38. The first-order valence-electron chi connectivity index (χ1n) is 13.9. The number of piperidine rings is 1. The molecule has 1 saturated heterocycles. The van der Waals surface area contributed by atoms with Crippen molar-refractivity contribution in [1.82, 2.24) is 10.2 Å². The Balaban J connectivity index is 1.42. The Labute approximate surface area is 226 Å². The minimum atomic E-state index is -0.525. The van der Waals surface area contributed by atoms with E-state index in [4.69, 9.17) is 5.73 Å². The number of rotatable bonds is 11. The van der Waals surface area contributed by atoms with Gasteiger partial charge in [0, 0.05) is 25.7 Å². The van der Waals surface area contributed by atoms with Crippen LogP contribution in [0.1, 0.15) is 73.0 Å². The van der Waals surface area contributed by atoms with Crippen molar-refractivity contribution >= 4 is 17.6 Å². The molecule has 1 heterocycles. The van der Waals surface area contributed by atoms with Crippen LogP contribution in [-0.4, -0.2) is 42.5 Å². The van der Waals surface area contributed by atoms with Crippen LogP contribution in [0, 0.1) is 0 Å². The minimum Gasteiger partial charge on any atom is -0.351 e. The molecule has 0 radical (unpaired) electrons. The van der Waals surface area contributed by atoms with E-state index in [1.54, 1.807) is 6.07 Å². The Morgan fingerprint density at radius 1 is 0.868 bits per heavy atom. The Morgan fingerprint density at radius 3 is 2.03 bits per heavy atom. The number of nitrogens with two attached hydrogens (primary N) is 1. The van der Waals surface area contributed by atoms with Crippen LogP contribution in [0.4, 0.5) is 10.5 Å². The summed E-state index contributed by atoms with van der Waals surface area (Å²) in [6.45, 7) is 4.43. The molecular formula is C32H40N4O2. The first-order chi connectivity index (χ1) is 18.6. The number of urea groups is 1. The lowest BCUT2D eigenvalue weighted by atomic mass is 9.94. The third-order valence-corrected chi connectivity index (χ3v) is 7.40. The van der Waals surface area contributed by atoms with E-state index in [9.17, 15) is 9.59 Å². The summed E-state index contributed by atoms with van der Waals surface area (Å²) in [5.41, 5.74) is 9.36. The molecule has 3 amide bonds. The topological polar surface area (TPSA) is 78.7 Å². The zero-order valence-corrected chi connectivity index (χ0v) is 22.4. The number of hydrogen-bond acceptors (Lipinski definition) is 3. The molecule has 3 N–H and O–H groups in total. The van der Waals surface area contributed by atoms with Crippen LogP contribution >= 0.6 is 0 Å². The Hall–Kier alpha value is -3.64. The van der Waals surface area contributed by atoms with Gasteiger partial charge in [-0.1, -0.05) is 99.0 Å². The smallest absolute Gasteiger partial charge is 0.319 e. The molecule has 200 valence electrons. The predicted molar refractivity (Wildman–Crippen MR) is 154 cm³/mol. The van der Waals surface area contributed by atoms with E-state index >= 15 is 0 Å². The Kier molecular flexibility index (Phi) is 9.93. The van der Waals surface area contributed by atoms with Gasteiger partial charge in [0.05, 0.1) is 17.3 Å². The van der Waals surface area contributed by atoms with Gasteiger partial charge in [-0.2, -0.15) is 0 Å². The normalized spacial score (nSPS) is 14.4. The first-order valence-corrected chi connectivity index (χ1v) is 13.9. The van der Waals surface area contributed by atoms with Crippen LogP contribution in [0.25, 0.3) is 0 Å². The summed E-state index contributed by atoms with van der Waals surface area (Å²) in [6, 6.07) is 28.2. The fourth-order valence-electron chi connectivity index (χ4n) is 5.40. The summed E-state index contributed by atoms with van der Waals surface area (Å²) in [4.78, 5) is 29.7. The van der Waals surface area contributed by atoms with E-state index in [1.165, 1.54) is 16.0 Å². The highest BCUT2D eigenvalue weighted by Gasteiger charge is 2.29. The van der Waals surface area contributed by atoms with E-state index < -0.39 is 6.03 Å². The van der Waals surface area contributed by atoms with Crippen molar-refractivity contribution in [3.05, 3.63) is 102 Å². The van der Waals surface area contributed by atoms with Gasteiger partial charge in [-0.05, 0) is 42.5 Å². The summed E-state index contributed by atoms with van der Waals surface area (Å²) in [5.74, 6) is -0.151. The van der Waals surface area contributed by atoms with Crippen molar-refractivity contribution in [3.63, 3.8) is 0 Å². The van der Waals surface area contributed by atoms with Crippen molar-refractivity contribution in [2.75, 3.05) is 24.5 Å². The number of likely N-dealkylation sites (tertiary alicyclic amines) is 1. The van der Waals surface area contributed by atoms with Crippen LogP contribution < -0.4 is 16.0 Å². The number of carbonyl (C=O) groups excluding carboxylic acids is 2. The number of carbonyl (C=O) groups is 2. The van der Waals surface area contributed by atoms with Gasteiger partial charge in [0.2, 0.25) is 0 Å². The molecule has 3 aromatic carbocycles. The van der Waals surface area contributed by atoms with Gasteiger partial charge in [-0.3, -0.25) is 14.6 Å². The largest absolute Gasteiger partial charge is 0.351 e. The number of amides is 3. The summed E-state index contributed by atoms with van der Waals surface area (Å²) in [6.07, 6.45) is 5.84. The van der Waals surface area contributed by atoms with Gasteiger partial charge < -0.3 is 11.1 Å². The zero-order chi connectivity index (χ0) is 26.7. The van der Waals surface area contributed by atoms with Gasteiger partial charge >= 0.3 is 6.03 Å². The number of nitrogens with one attached hydrogen (secondary N) is 1. The molecule has 0 bridgehead atoms. The molecule has 1 fully saturated rings. The van der Waals surface area contributed by atoms with Crippen LogP contribution in [0.3, 0.4) is 0 Å². The van der Waals surface area contributed by atoms with Crippen molar-refractivity contribution < 1.29 is 9.59 Å². The van der Waals surface area contributed by atoms with Crippen molar-refractivity contribution in [2.24, 2.45) is 5.73 Å². The highest BCUT2D eigenvalue weighted by molar-refractivity contribution is 6.04. The predicted octanol–water partition coefficient (Wildman–Crippen LogP) is 6.14. The number of nitrogens with zero attached hydrogens (tertiary/aromatic N) is 2. The number of para-hydroxylation sites is 1. The Morgan fingerprint density at radius 2 is 1.45 bits per heavy atom. The molecular weight excluding hydrogens is 472 g/mol. The van der Waals surface area contributed by atoms with E-state index in [0.29, 0.717) is 17.8 Å². The average molecular weight is 513 g/mol.